The van der Waals surface area contributed by atoms with Crippen molar-refractivity contribution < 1.29 is 4.57 Å². The number of fused-ring (bicyclic) bond motifs is 7. The second-order valence-corrected chi connectivity index (χ2v) is 16.3. The van der Waals surface area contributed by atoms with Gasteiger partial charge in [0.15, 0.2) is 6.20 Å². The highest BCUT2D eigenvalue weighted by atomic mass is 15.0. The van der Waals surface area contributed by atoms with Crippen LogP contribution in [0.2, 0.25) is 0 Å². The van der Waals surface area contributed by atoms with Crippen LogP contribution in [0.5, 0.6) is 0 Å². The van der Waals surface area contributed by atoms with Gasteiger partial charge in [0.2, 0.25) is 5.52 Å². The first-order valence-electron chi connectivity index (χ1n) is 16.9. The average molecular weight is 580 g/mol. The molecule has 224 valence electrons. The first kappa shape index (κ1) is 27.9. The maximum atomic E-state index is 2.71. The number of pyridine rings is 2. The fraction of sp³-hybridized carbons (Fsp3) is 0.405. The van der Waals surface area contributed by atoms with Crippen molar-refractivity contribution in [1.82, 2.24) is 4.40 Å². The molecule has 1 aliphatic carbocycles. The Labute approximate surface area is 262 Å². The van der Waals surface area contributed by atoms with E-state index in [1.54, 1.807) is 5.56 Å². The molecule has 1 fully saturated rings. The van der Waals surface area contributed by atoms with Gasteiger partial charge in [0.1, 0.15) is 7.05 Å². The highest BCUT2D eigenvalue weighted by Crippen LogP contribution is 2.47. The number of hydrogen-bond donors (Lipinski definition) is 0. The first-order chi connectivity index (χ1) is 20.9. The first-order valence-corrected chi connectivity index (χ1v) is 16.9. The van der Waals surface area contributed by atoms with Crippen LogP contribution >= 0.6 is 0 Å². The number of hydrogen-bond acceptors (Lipinski definition) is 0. The molecule has 2 nitrogen and oxygen atoms in total. The van der Waals surface area contributed by atoms with Crippen LogP contribution in [0.1, 0.15) is 89.5 Å². The third-order valence-corrected chi connectivity index (χ3v) is 10.8. The van der Waals surface area contributed by atoms with E-state index in [9.17, 15) is 0 Å². The molecule has 3 aromatic heterocycles. The highest BCUT2D eigenvalue weighted by molar-refractivity contribution is 6.29. The van der Waals surface area contributed by atoms with E-state index in [1.165, 1.54) is 109 Å². The Kier molecular flexibility index (Phi) is 5.97. The molecule has 3 heterocycles. The summed E-state index contributed by atoms with van der Waals surface area (Å²) in [5.74, 6) is 0.798. The van der Waals surface area contributed by atoms with E-state index in [4.69, 9.17) is 0 Å². The average Bonchev–Trinajstić information content (AvgIpc) is 3.61. The zero-order valence-electron chi connectivity index (χ0n) is 28.0. The third kappa shape index (κ3) is 4.02. The lowest BCUT2D eigenvalue weighted by molar-refractivity contribution is -0.643. The van der Waals surface area contributed by atoms with E-state index in [0.717, 1.165) is 12.3 Å². The smallest absolute Gasteiger partial charge is 0.224 e. The van der Waals surface area contributed by atoms with Gasteiger partial charge in [-0.1, -0.05) is 104 Å². The number of para-hydroxylation sites is 1. The SMILES string of the molecule is Cc1c2cc(C(C)(C)C)ccc2c(CC(C)(C)C)c2c1c1c3c(cc[n+]1C)cc(CC1CCCC1)c1c4ccccc4n2c13. The number of rotatable bonds is 3. The minimum absolute atomic E-state index is 0.0938. The monoisotopic (exact) mass is 579 g/mol. The summed E-state index contributed by atoms with van der Waals surface area (Å²) >= 11 is 0. The van der Waals surface area contributed by atoms with Crippen LogP contribution in [-0.4, -0.2) is 4.40 Å². The molecule has 0 saturated heterocycles. The van der Waals surface area contributed by atoms with E-state index < -0.39 is 0 Å². The van der Waals surface area contributed by atoms with Gasteiger partial charge >= 0.3 is 0 Å². The molecule has 0 spiro atoms. The largest absolute Gasteiger partial charge is 0.307 e. The Morgan fingerprint density at radius 1 is 0.795 bits per heavy atom. The molecular weight excluding hydrogens is 532 g/mol. The molecule has 44 heavy (non-hydrogen) atoms. The van der Waals surface area contributed by atoms with Gasteiger partial charge in [-0.2, -0.15) is 0 Å². The summed E-state index contributed by atoms with van der Waals surface area (Å²) in [6.45, 7) is 16.6. The van der Waals surface area contributed by atoms with Gasteiger partial charge < -0.3 is 4.40 Å². The Morgan fingerprint density at radius 2 is 1.55 bits per heavy atom. The normalized spacial score (nSPS) is 15.5. The van der Waals surface area contributed by atoms with Crippen molar-refractivity contribution in [3.05, 3.63) is 83.0 Å². The summed E-state index contributed by atoms with van der Waals surface area (Å²) < 4.78 is 5.12. The molecule has 0 radical (unpaired) electrons. The van der Waals surface area contributed by atoms with Crippen LogP contribution < -0.4 is 4.57 Å². The minimum atomic E-state index is 0.0938. The molecule has 1 aliphatic rings. The van der Waals surface area contributed by atoms with Crippen LogP contribution in [0.4, 0.5) is 0 Å². The topological polar surface area (TPSA) is 8.29 Å². The Morgan fingerprint density at radius 3 is 2.27 bits per heavy atom. The van der Waals surface area contributed by atoms with Gasteiger partial charge in [-0.3, -0.25) is 0 Å². The molecule has 1 saturated carbocycles. The predicted molar refractivity (Wildman–Crippen MR) is 190 cm³/mol. The van der Waals surface area contributed by atoms with Crippen molar-refractivity contribution in [3.8, 4) is 0 Å². The lowest BCUT2D eigenvalue weighted by atomic mass is 9.80. The highest BCUT2D eigenvalue weighted by Gasteiger charge is 2.30. The summed E-state index contributed by atoms with van der Waals surface area (Å²) in [6.07, 6.45) is 10.0. The van der Waals surface area contributed by atoms with Crippen LogP contribution in [-0.2, 0) is 25.3 Å². The number of nitrogens with zero attached hydrogens (tertiary/aromatic N) is 2. The van der Waals surface area contributed by atoms with Gasteiger partial charge in [-0.05, 0) is 87.1 Å². The maximum absolute atomic E-state index is 2.71. The van der Waals surface area contributed by atoms with Crippen molar-refractivity contribution in [2.75, 3.05) is 0 Å². The van der Waals surface area contributed by atoms with Gasteiger partial charge in [-0.15, -0.1) is 0 Å². The molecule has 0 aliphatic heterocycles. The van der Waals surface area contributed by atoms with Crippen molar-refractivity contribution in [2.24, 2.45) is 18.4 Å². The third-order valence-electron chi connectivity index (χ3n) is 10.8. The second-order valence-electron chi connectivity index (χ2n) is 16.3. The molecule has 0 atom stereocenters. The summed E-state index contributed by atoms with van der Waals surface area (Å²) in [5, 5.41) is 9.92. The predicted octanol–water partition coefficient (Wildman–Crippen LogP) is 10.9. The second kappa shape index (κ2) is 9.43. The van der Waals surface area contributed by atoms with Gasteiger partial charge in [0.25, 0.3) is 0 Å². The zero-order valence-corrected chi connectivity index (χ0v) is 28.0. The van der Waals surface area contributed by atoms with E-state index in [2.05, 4.69) is 125 Å². The number of benzene rings is 4. The van der Waals surface area contributed by atoms with Crippen LogP contribution in [0.15, 0.2) is 60.8 Å². The van der Waals surface area contributed by atoms with Crippen LogP contribution in [0.25, 0.3) is 59.8 Å². The number of aromatic nitrogens is 2. The molecule has 0 amide bonds. The van der Waals surface area contributed by atoms with Crippen molar-refractivity contribution in [1.29, 1.82) is 0 Å². The minimum Gasteiger partial charge on any atom is -0.307 e. The Hall–Kier alpha value is -3.65. The van der Waals surface area contributed by atoms with Crippen molar-refractivity contribution >= 4 is 59.8 Å². The van der Waals surface area contributed by atoms with E-state index in [0.29, 0.717) is 0 Å². The quantitative estimate of drug-likeness (QED) is 0.112. The summed E-state index contributed by atoms with van der Waals surface area (Å²) in [5.41, 5.74) is 11.6. The van der Waals surface area contributed by atoms with Gasteiger partial charge in [0.05, 0.1) is 27.3 Å². The maximum Gasteiger partial charge on any atom is 0.224 e. The number of aryl methyl sites for hydroxylation is 2. The summed E-state index contributed by atoms with van der Waals surface area (Å²) in [6, 6.07) is 21.5. The lowest BCUT2D eigenvalue weighted by Crippen LogP contribution is -2.29. The summed E-state index contributed by atoms with van der Waals surface area (Å²) in [7, 11) is 2.26. The Bertz CT molecular complexity index is 2260. The van der Waals surface area contributed by atoms with Crippen molar-refractivity contribution in [3.63, 3.8) is 0 Å². The van der Waals surface area contributed by atoms with Crippen LogP contribution in [0, 0.1) is 18.3 Å². The molecule has 8 rings (SSSR count). The molecule has 0 bridgehead atoms. The summed E-state index contributed by atoms with van der Waals surface area (Å²) in [4.78, 5) is 0. The molecule has 2 heteroatoms. The van der Waals surface area contributed by atoms with Gasteiger partial charge in [-0.25, -0.2) is 4.57 Å². The molecule has 4 aromatic carbocycles. The van der Waals surface area contributed by atoms with E-state index in [-0.39, 0.29) is 10.8 Å². The zero-order chi connectivity index (χ0) is 30.7. The molecule has 0 N–H and O–H groups in total. The van der Waals surface area contributed by atoms with Crippen LogP contribution in [0.3, 0.4) is 0 Å². The molecule has 0 unspecified atom stereocenters. The fourth-order valence-corrected chi connectivity index (χ4v) is 8.73. The van der Waals surface area contributed by atoms with Crippen molar-refractivity contribution in [2.45, 2.75) is 92.4 Å². The lowest BCUT2D eigenvalue weighted by Gasteiger charge is -2.26. The van der Waals surface area contributed by atoms with E-state index in [1.807, 2.05) is 0 Å². The molecule has 7 aromatic rings. The molecular formula is C42H47N2+. The van der Waals surface area contributed by atoms with Gasteiger partial charge in [0, 0.05) is 16.8 Å². The van der Waals surface area contributed by atoms with E-state index >= 15 is 0 Å². The standard InChI is InChI=1S/C42H47N2/c1-25-32-23-29(42(5,6)7)17-18-30(32)33(24-41(2,3)4)38-35(25)39-37-27(19-20-43(39)8)22-28(21-26-13-9-10-14-26)36-31-15-11-12-16-34(31)44(38)40(36)37/h11-12,15-20,22-23,26H,9-10,13-14,21,24H2,1-8H3/q+1. The Balaban J connectivity index is 1.67. The fourth-order valence-electron chi connectivity index (χ4n) is 8.73.